The maximum Gasteiger partial charge on any atom is 0.251 e. The number of carbonyl (C=O) groups is 3. The van der Waals surface area contributed by atoms with Gasteiger partial charge in [-0.2, -0.15) is 0 Å². The number of methoxy groups -OCH3 is 2. The summed E-state index contributed by atoms with van der Waals surface area (Å²) in [5, 5.41) is 11.2. The average molecular weight is 428 g/mol. The van der Waals surface area contributed by atoms with Gasteiger partial charge in [0.1, 0.15) is 0 Å². The topological polar surface area (TPSA) is 118 Å². The van der Waals surface area contributed by atoms with Crippen molar-refractivity contribution in [2.75, 3.05) is 57.7 Å². The molecule has 0 unspecified atom stereocenters. The van der Waals surface area contributed by atoms with Gasteiger partial charge in [-0.3, -0.25) is 14.4 Å². The molecular formula is C22H28N4O5. The molecule has 0 fully saturated rings. The molecule has 0 aliphatic carbocycles. The fourth-order valence-corrected chi connectivity index (χ4v) is 2.57. The monoisotopic (exact) mass is 428 g/mol. The van der Waals surface area contributed by atoms with Crippen molar-refractivity contribution in [3.8, 4) is 0 Å². The second-order valence-electron chi connectivity index (χ2n) is 6.55. The van der Waals surface area contributed by atoms with E-state index in [1.807, 2.05) is 0 Å². The lowest BCUT2D eigenvalue weighted by molar-refractivity contribution is -0.114. The molecule has 2 rings (SSSR count). The van der Waals surface area contributed by atoms with E-state index in [4.69, 9.17) is 9.47 Å². The number of hydrogen-bond donors (Lipinski definition) is 4. The lowest BCUT2D eigenvalue weighted by Crippen LogP contribution is -2.27. The van der Waals surface area contributed by atoms with Gasteiger partial charge in [0.05, 0.1) is 19.8 Å². The van der Waals surface area contributed by atoms with Gasteiger partial charge in [-0.1, -0.05) is 0 Å². The zero-order valence-corrected chi connectivity index (χ0v) is 17.7. The Hall–Kier alpha value is -3.43. The van der Waals surface area contributed by atoms with Crippen molar-refractivity contribution in [1.82, 2.24) is 10.6 Å². The molecule has 0 aliphatic rings. The number of anilines is 2. The summed E-state index contributed by atoms with van der Waals surface area (Å²) in [4.78, 5) is 36.1. The lowest BCUT2D eigenvalue weighted by atomic mass is 10.2. The summed E-state index contributed by atoms with van der Waals surface area (Å²) in [7, 11) is 3.14. The van der Waals surface area contributed by atoms with Crippen LogP contribution in [0.25, 0.3) is 0 Å². The highest BCUT2D eigenvalue weighted by Crippen LogP contribution is 2.11. The van der Waals surface area contributed by atoms with Crippen LogP contribution in [-0.4, -0.2) is 64.8 Å². The van der Waals surface area contributed by atoms with Gasteiger partial charge in [-0.25, -0.2) is 0 Å². The highest BCUT2D eigenvalue weighted by Gasteiger charge is 2.08. The summed E-state index contributed by atoms with van der Waals surface area (Å²) >= 11 is 0. The first kappa shape index (κ1) is 23.8. The maximum atomic E-state index is 12.2. The molecule has 9 nitrogen and oxygen atoms in total. The standard InChI is InChI=1S/C22H28N4O5/c1-30-13-11-23-21(28)16-3-7-18(8-4-16)25-15-20(27)26-19-9-5-17(6-10-19)22(29)24-12-14-31-2/h3-10,25H,11-15H2,1-2H3,(H,23,28)(H,24,29)(H,26,27). The summed E-state index contributed by atoms with van der Waals surface area (Å²) in [6, 6.07) is 13.4. The fourth-order valence-electron chi connectivity index (χ4n) is 2.57. The van der Waals surface area contributed by atoms with E-state index in [0.717, 1.165) is 0 Å². The molecule has 2 aromatic carbocycles. The molecule has 0 saturated carbocycles. The molecule has 31 heavy (non-hydrogen) atoms. The van der Waals surface area contributed by atoms with Crippen LogP contribution in [0.1, 0.15) is 20.7 Å². The third-order valence-electron chi connectivity index (χ3n) is 4.21. The number of rotatable bonds is 12. The molecule has 0 aliphatic heterocycles. The van der Waals surface area contributed by atoms with E-state index in [1.54, 1.807) is 62.8 Å². The van der Waals surface area contributed by atoms with Crippen molar-refractivity contribution >= 4 is 29.1 Å². The molecule has 0 aromatic heterocycles. The number of benzene rings is 2. The van der Waals surface area contributed by atoms with Gasteiger partial charge >= 0.3 is 0 Å². The van der Waals surface area contributed by atoms with Crippen LogP contribution in [0, 0.1) is 0 Å². The van der Waals surface area contributed by atoms with Crippen LogP contribution < -0.4 is 21.3 Å². The van der Waals surface area contributed by atoms with Gasteiger partial charge in [0.15, 0.2) is 0 Å². The lowest BCUT2D eigenvalue weighted by Gasteiger charge is -2.10. The van der Waals surface area contributed by atoms with E-state index in [9.17, 15) is 14.4 Å². The van der Waals surface area contributed by atoms with E-state index >= 15 is 0 Å². The van der Waals surface area contributed by atoms with Crippen LogP contribution in [0.3, 0.4) is 0 Å². The summed E-state index contributed by atoms with van der Waals surface area (Å²) in [6.07, 6.45) is 0. The summed E-state index contributed by atoms with van der Waals surface area (Å²) < 4.78 is 9.78. The minimum atomic E-state index is -0.237. The maximum absolute atomic E-state index is 12.2. The summed E-state index contributed by atoms with van der Waals surface area (Å²) in [5.41, 5.74) is 2.33. The van der Waals surface area contributed by atoms with E-state index < -0.39 is 0 Å². The minimum Gasteiger partial charge on any atom is -0.383 e. The highest BCUT2D eigenvalue weighted by atomic mass is 16.5. The van der Waals surface area contributed by atoms with Gasteiger partial charge in [0.25, 0.3) is 11.8 Å². The van der Waals surface area contributed by atoms with Gasteiger partial charge in [-0.05, 0) is 48.5 Å². The van der Waals surface area contributed by atoms with E-state index in [-0.39, 0.29) is 24.3 Å². The quantitative estimate of drug-likeness (QED) is 0.381. The first-order chi connectivity index (χ1) is 15.0. The Morgan fingerprint density at radius 1 is 0.710 bits per heavy atom. The van der Waals surface area contributed by atoms with Crippen molar-refractivity contribution in [3.05, 3.63) is 59.7 Å². The third-order valence-corrected chi connectivity index (χ3v) is 4.21. The number of ether oxygens (including phenoxy) is 2. The Bertz CT molecular complexity index is 853. The van der Waals surface area contributed by atoms with Gasteiger partial charge in [0.2, 0.25) is 5.91 Å². The normalized spacial score (nSPS) is 10.3. The Balaban J connectivity index is 1.77. The van der Waals surface area contributed by atoms with Crippen LogP contribution in [0.4, 0.5) is 11.4 Å². The molecule has 166 valence electrons. The SMILES string of the molecule is COCCNC(=O)c1ccc(NCC(=O)Nc2ccc(C(=O)NCCOC)cc2)cc1. The van der Waals surface area contributed by atoms with Crippen molar-refractivity contribution in [2.24, 2.45) is 0 Å². The van der Waals surface area contributed by atoms with E-state index in [0.29, 0.717) is 48.8 Å². The van der Waals surface area contributed by atoms with Crippen LogP contribution in [0.2, 0.25) is 0 Å². The Morgan fingerprint density at radius 2 is 1.16 bits per heavy atom. The molecule has 3 amide bonds. The molecule has 4 N–H and O–H groups in total. The third kappa shape index (κ3) is 8.45. The van der Waals surface area contributed by atoms with Crippen LogP contribution in [0.5, 0.6) is 0 Å². The second-order valence-corrected chi connectivity index (χ2v) is 6.55. The van der Waals surface area contributed by atoms with Crippen LogP contribution in [0.15, 0.2) is 48.5 Å². The van der Waals surface area contributed by atoms with E-state index in [1.165, 1.54) is 0 Å². The Labute approximate surface area is 181 Å². The number of carbonyl (C=O) groups excluding carboxylic acids is 3. The molecule has 0 spiro atoms. The van der Waals surface area contributed by atoms with Crippen molar-refractivity contribution in [1.29, 1.82) is 0 Å². The zero-order valence-electron chi connectivity index (χ0n) is 17.7. The molecule has 2 aromatic rings. The Kier molecular flexibility index (Phi) is 9.99. The predicted molar refractivity (Wildman–Crippen MR) is 118 cm³/mol. The number of nitrogens with one attached hydrogen (secondary N) is 4. The van der Waals surface area contributed by atoms with E-state index in [2.05, 4.69) is 21.3 Å². The number of amides is 3. The molecule has 0 radical (unpaired) electrons. The molecule has 0 bridgehead atoms. The first-order valence-electron chi connectivity index (χ1n) is 9.81. The molecule has 9 heteroatoms. The molecule has 0 heterocycles. The summed E-state index contributed by atoms with van der Waals surface area (Å²) in [6.45, 7) is 1.81. The Morgan fingerprint density at radius 3 is 1.61 bits per heavy atom. The molecular weight excluding hydrogens is 400 g/mol. The van der Waals surface area contributed by atoms with Crippen molar-refractivity contribution < 1.29 is 23.9 Å². The largest absolute Gasteiger partial charge is 0.383 e. The zero-order chi connectivity index (χ0) is 22.5. The van der Waals surface area contributed by atoms with Gasteiger partial charge < -0.3 is 30.7 Å². The van der Waals surface area contributed by atoms with Gasteiger partial charge in [0, 0.05) is 49.8 Å². The molecule has 0 saturated heterocycles. The summed E-state index contributed by atoms with van der Waals surface area (Å²) in [5.74, 6) is -0.622. The smallest absolute Gasteiger partial charge is 0.251 e. The molecule has 0 atom stereocenters. The van der Waals surface area contributed by atoms with Crippen molar-refractivity contribution in [3.63, 3.8) is 0 Å². The fraction of sp³-hybridized carbons (Fsp3) is 0.318. The van der Waals surface area contributed by atoms with Gasteiger partial charge in [-0.15, -0.1) is 0 Å². The average Bonchev–Trinajstić information content (AvgIpc) is 2.78. The highest BCUT2D eigenvalue weighted by molar-refractivity contribution is 5.97. The number of hydrogen-bond acceptors (Lipinski definition) is 6. The van der Waals surface area contributed by atoms with Crippen LogP contribution in [-0.2, 0) is 14.3 Å². The van der Waals surface area contributed by atoms with Crippen molar-refractivity contribution in [2.45, 2.75) is 0 Å². The first-order valence-corrected chi connectivity index (χ1v) is 9.81. The second kappa shape index (κ2) is 13.0. The minimum absolute atomic E-state index is 0.0542. The predicted octanol–water partition coefficient (Wildman–Crippen LogP) is 1.49. The van der Waals surface area contributed by atoms with Crippen LogP contribution >= 0.6 is 0 Å².